The lowest BCUT2D eigenvalue weighted by atomic mass is 9.98. The molecular weight excluding hydrogens is 222 g/mol. The van der Waals surface area contributed by atoms with Crippen LogP contribution in [0.5, 0.6) is 0 Å². The van der Waals surface area contributed by atoms with Crippen LogP contribution in [-0.2, 0) is 14.3 Å². The number of ether oxygens (including phenoxy) is 1. The highest BCUT2D eigenvalue weighted by molar-refractivity contribution is 5.33. The van der Waals surface area contributed by atoms with Gasteiger partial charge in [0.1, 0.15) is 6.61 Å². The summed E-state index contributed by atoms with van der Waals surface area (Å²) in [5, 5.41) is 8.18. The maximum atomic E-state index is 10.0. The lowest BCUT2D eigenvalue weighted by molar-refractivity contribution is 0.250. The van der Waals surface area contributed by atoms with Gasteiger partial charge in [-0.25, -0.2) is 19.6 Å². The van der Waals surface area contributed by atoms with Crippen LogP contribution in [0.1, 0.15) is 25.7 Å². The van der Waals surface area contributed by atoms with Gasteiger partial charge in [0.05, 0.1) is 13.1 Å². The minimum Gasteiger partial charge on any atom is -0.428 e. The summed E-state index contributed by atoms with van der Waals surface area (Å²) in [5.74, 6) is 0.237. The summed E-state index contributed by atoms with van der Waals surface area (Å²) in [7, 11) is 0. The van der Waals surface area contributed by atoms with E-state index >= 15 is 0 Å². The van der Waals surface area contributed by atoms with Crippen LogP contribution >= 0.6 is 0 Å². The summed E-state index contributed by atoms with van der Waals surface area (Å²) in [5.41, 5.74) is 0. The molecule has 6 nitrogen and oxygen atoms in total. The van der Waals surface area contributed by atoms with Crippen LogP contribution in [0, 0.1) is 17.4 Å². The highest BCUT2D eigenvalue weighted by atomic mass is 16.5. The average molecular weight is 237 g/mol. The zero-order chi connectivity index (χ0) is 12.8. The van der Waals surface area contributed by atoms with Gasteiger partial charge < -0.3 is 4.74 Å². The van der Waals surface area contributed by atoms with Gasteiger partial charge in [-0.05, 0) is 31.6 Å². The minimum atomic E-state index is 0.237. The van der Waals surface area contributed by atoms with Crippen molar-refractivity contribution in [2.75, 3.05) is 19.7 Å². The Morgan fingerprint density at radius 3 is 2.47 bits per heavy atom. The minimum absolute atomic E-state index is 0.237. The number of nitriles is 1. The van der Waals surface area contributed by atoms with Crippen molar-refractivity contribution in [3.05, 3.63) is 0 Å². The van der Waals surface area contributed by atoms with Crippen molar-refractivity contribution < 1.29 is 14.3 Å². The molecule has 6 heteroatoms. The maximum Gasteiger partial charge on any atom is 0.286 e. The Bertz CT molecular complexity index is 325. The highest BCUT2D eigenvalue weighted by Crippen LogP contribution is 2.14. The molecule has 0 amide bonds. The van der Waals surface area contributed by atoms with E-state index in [0.717, 1.165) is 25.7 Å². The highest BCUT2D eigenvalue weighted by Gasteiger charge is 2.07. The first-order valence-corrected chi connectivity index (χ1v) is 5.43. The van der Waals surface area contributed by atoms with Gasteiger partial charge in [-0.1, -0.05) is 0 Å². The van der Waals surface area contributed by atoms with Crippen molar-refractivity contribution in [2.24, 2.45) is 15.9 Å². The van der Waals surface area contributed by atoms with Crippen LogP contribution < -0.4 is 0 Å². The fourth-order valence-electron chi connectivity index (χ4n) is 1.49. The van der Waals surface area contributed by atoms with E-state index < -0.39 is 0 Å². The van der Waals surface area contributed by atoms with Crippen LogP contribution in [0.2, 0.25) is 0 Å². The molecule has 92 valence electrons. The fraction of sp³-hybridized carbons (Fsp3) is 0.727. The summed E-state index contributed by atoms with van der Waals surface area (Å²) in [4.78, 5) is 26.9. The molecule has 0 N–H and O–H groups in total. The van der Waals surface area contributed by atoms with Crippen molar-refractivity contribution >= 4 is 12.2 Å². The smallest absolute Gasteiger partial charge is 0.286 e. The molecule has 0 aliphatic carbocycles. The standard InChI is InChI=1S/C11H15N3O3/c12-8-17-6-2-4-11(7-14-10-16)3-1-5-13-9-15/h11H,1-7H2. The number of aliphatic imine (C=N–C) groups is 2. The molecule has 0 radical (unpaired) electrons. The van der Waals surface area contributed by atoms with E-state index in [9.17, 15) is 9.59 Å². The molecule has 0 aliphatic heterocycles. The van der Waals surface area contributed by atoms with E-state index in [4.69, 9.17) is 5.26 Å². The Hall–Kier alpha value is -1.95. The molecule has 0 spiro atoms. The third kappa shape index (κ3) is 10.3. The van der Waals surface area contributed by atoms with E-state index in [1.807, 2.05) is 0 Å². The predicted molar refractivity (Wildman–Crippen MR) is 59.5 cm³/mol. The van der Waals surface area contributed by atoms with Crippen molar-refractivity contribution in [1.82, 2.24) is 0 Å². The summed E-state index contributed by atoms with van der Waals surface area (Å²) in [6.07, 6.45) is 7.72. The molecule has 0 aromatic rings. The molecule has 0 bridgehead atoms. The van der Waals surface area contributed by atoms with Gasteiger partial charge in [0.2, 0.25) is 12.2 Å². The number of isocyanates is 2. The number of hydrogen-bond acceptors (Lipinski definition) is 6. The van der Waals surface area contributed by atoms with Crippen molar-refractivity contribution in [1.29, 1.82) is 5.26 Å². The predicted octanol–water partition coefficient (Wildman–Crippen LogP) is 1.33. The van der Waals surface area contributed by atoms with Gasteiger partial charge in [0.15, 0.2) is 0 Å². The van der Waals surface area contributed by atoms with Crippen LogP contribution in [-0.4, -0.2) is 31.9 Å². The molecule has 0 heterocycles. The lowest BCUT2D eigenvalue weighted by Gasteiger charge is -2.12. The second-order valence-corrected chi connectivity index (χ2v) is 3.50. The molecule has 0 fully saturated rings. The third-order valence-corrected chi connectivity index (χ3v) is 2.28. The quantitative estimate of drug-likeness (QED) is 0.248. The van der Waals surface area contributed by atoms with Crippen LogP contribution in [0.4, 0.5) is 0 Å². The average Bonchev–Trinajstić information content (AvgIpc) is 2.35. The summed E-state index contributed by atoms with van der Waals surface area (Å²) < 4.78 is 4.56. The van der Waals surface area contributed by atoms with Crippen LogP contribution in [0.3, 0.4) is 0 Å². The first-order chi connectivity index (χ1) is 8.35. The van der Waals surface area contributed by atoms with E-state index in [1.165, 1.54) is 12.2 Å². The molecule has 0 rings (SSSR count). The Labute approximate surface area is 100 Å². The Morgan fingerprint density at radius 2 is 1.82 bits per heavy atom. The van der Waals surface area contributed by atoms with Gasteiger partial charge in [-0.2, -0.15) is 5.26 Å². The second-order valence-electron chi connectivity index (χ2n) is 3.50. The van der Waals surface area contributed by atoms with Gasteiger partial charge in [-0.3, -0.25) is 0 Å². The molecule has 1 atom stereocenters. The van der Waals surface area contributed by atoms with E-state index in [0.29, 0.717) is 19.7 Å². The summed E-state index contributed by atoms with van der Waals surface area (Å²) >= 11 is 0. The molecule has 1 unspecified atom stereocenters. The molecular formula is C11H15N3O3. The maximum absolute atomic E-state index is 10.0. The molecule has 0 aromatic carbocycles. The van der Waals surface area contributed by atoms with Crippen LogP contribution in [0.25, 0.3) is 0 Å². The van der Waals surface area contributed by atoms with E-state index in [-0.39, 0.29) is 5.92 Å². The first-order valence-electron chi connectivity index (χ1n) is 5.43. The van der Waals surface area contributed by atoms with Crippen molar-refractivity contribution in [2.45, 2.75) is 25.7 Å². The largest absolute Gasteiger partial charge is 0.428 e. The third-order valence-electron chi connectivity index (χ3n) is 2.28. The monoisotopic (exact) mass is 237 g/mol. The van der Waals surface area contributed by atoms with E-state index in [1.54, 1.807) is 6.26 Å². The Morgan fingerprint density at radius 1 is 1.12 bits per heavy atom. The van der Waals surface area contributed by atoms with Gasteiger partial charge in [-0.15, -0.1) is 0 Å². The van der Waals surface area contributed by atoms with Crippen molar-refractivity contribution in [3.63, 3.8) is 0 Å². The Balaban J connectivity index is 3.83. The number of nitrogens with zero attached hydrogens (tertiary/aromatic N) is 3. The molecule has 0 saturated carbocycles. The van der Waals surface area contributed by atoms with E-state index in [2.05, 4.69) is 14.7 Å². The lowest BCUT2D eigenvalue weighted by Crippen LogP contribution is -2.07. The molecule has 0 aliphatic rings. The number of carbonyl (C=O) groups excluding carboxylic acids is 2. The van der Waals surface area contributed by atoms with Gasteiger partial charge >= 0.3 is 0 Å². The van der Waals surface area contributed by atoms with Gasteiger partial charge in [0, 0.05) is 0 Å². The zero-order valence-electron chi connectivity index (χ0n) is 9.59. The first kappa shape index (κ1) is 15.0. The number of hydrogen-bond donors (Lipinski definition) is 0. The molecule has 0 saturated heterocycles. The van der Waals surface area contributed by atoms with Crippen LogP contribution in [0.15, 0.2) is 9.98 Å². The SMILES string of the molecule is N#COCCCC(CCCN=C=O)CN=C=O. The molecule has 17 heavy (non-hydrogen) atoms. The number of rotatable bonds is 10. The van der Waals surface area contributed by atoms with Crippen molar-refractivity contribution in [3.8, 4) is 6.26 Å². The molecule has 0 aromatic heterocycles. The zero-order valence-corrected chi connectivity index (χ0v) is 9.59. The summed E-state index contributed by atoms with van der Waals surface area (Å²) in [6.45, 7) is 1.24. The normalized spacial score (nSPS) is 10.5. The topological polar surface area (TPSA) is 91.9 Å². The Kier molecular flexibility index (Phi) is 10.7. The second kappa shape index (κ2) is 12.1. The summed E-state index contributed by atoms with van der Waals surface area (Å²) in [6, 6.07) is 0. The van der Waals surface area contributed by atoms with Gasteiger partial charge in [0.25, 0.3) is 6.26 Å². The fourth-order valence-corrected chi connectivity index (χ4v) is 1.49.